The van der Waals surface area contributed by atoms with Gasteiger partial charge in [-0.3, -0.25) is 9.59 Å². The van der Waals surface area contributed by atoms with E-state index in [0.29, 0.717) is 24.7 Å². The van der Waals surface area contributed by atoms with Gasteiger partial charge in [0.1, 0.15) is 6.04 Å². The number of carboxylic acids is 1. The third-order valence-electron chi connectivity index (χ3n) is 7.61. The Balaban J connectivity index is 1.68. The summed E-state index contributed by atoms with van der Waals surface area (Å²) in [5.74, 6) is -0.928. The lowest BCUT2D eigenvalue weighted by Gasteiger charge is -2.46. The highest BCUT2D eigenvalue weighted by Crippen LogP contribution is 2.43. The lowest BCUT2D eigenvalue weighted by molar-refractivity contribution is -0.145. The van der Waals surface area contributed by atoms with Crippen molar-refractivity contribution in [3.8, 4) is 0 Å². The average molecular weight is 478 g/mol. The molecule has 4 rings (SSSR count). The topological polar surface area (TPSA) is 113 Å². The fourth-order valence-electron chi connectivity index (χ4n) is 5.88. The molecule has 4 N–H and O–H groups in total. The number of amides is 2. The van der Waals surface area contributed by atoms with Crippen LogP contribution in [0.25, 0.3) is 0 Å². The van der Waals surface area contributed by atoms with Gasteiger partial charge in [-0.25, -0.2) is 4.79 Å². The number of nitrogens with two attached hydrogens (primary N) is 1. The Morgan fingerprint density at radius 2 is 1.71 bits per heavy atom. The Kier molecular flexibility index (Phi) is 6.99. The van der Waals surface area contributed by atoms with E-state index in [1.165, 1.54) is 12.1 Å². The van der Waals surface area contributed by atoms with Gasteiger partial charge >= 0.3 is 5.97 Å². The molecule has 7 nitrogen and oxygen atoms in total. The van der Waals surface area contributed by atoms with Crippen molar-refractivity contribution in [3.05, 3.63) is 64.7 Å². The van der Waals surface area contributed by atoms with Gasteiger partial charge in [0, 0.05) is 23.6 Å². The highest BCUT2D eigenvalue weighted by molar-refractivity contribution is 5.99. The molecular weight excluding hydrogens is 442 g/mol. The fraction of sp³-hybridized carbons (Fsp3) is 0.464. The molecule has 1 atom stereocenters. The monoisotopic (exact) mass is 477 g/mol. The molecule has 2 aromatic carbocycles. The van der Waals surface area contributed by atoms with E-state index in [1.54, 1.807) is 17.0 Å². The summed E-state index contributed by atoms with van der Waals surface area (Å²) in [5.41, 5.74) is 9.26. The van der Waals surface area contributed by atoms with Crippen LogP contribution in [0.5, 0.6) is 0 Å². The summed E-state index contributed by atoms with van der Waals surface area (Å²) in [5, 5.41) is 12.1. The Bertz CT molecular complexity index is 1120. The lowest BCUT2D eigenvalue weighted by Crippen LogP contribution is -2.53. The molecular formula is C28H35N3O4. The quantitative estimate of drug-likeness (QED) is 0.596. The van der Waals surface area contributed by atoms with Gasteiger partial charge in [-0.2, -0.15) is 0 Å². The molecule has 1 aliphatic carbocycles. The predicted molar refractivity (Wildman–Crippen MR) is 135 cm³/mol. The molecule has 2 aromatic rings. The molecule has 1 fully saturated rings. The second-order valence-corrected chi connectivity index (χ2v) is 10.6. The zero-order valence-corrected chi connectivity index (χ0v) is 20.7. The second-order valence-electron chi connectivity index (χ2n) is 10.6. The molecule has 35 heavy (non-hydrogen) atoms. The van der Waals surface area contributed by atoms with Gasteiger partial charge in [-0.1, -0.05) is 32.0 Å². The van der Waals surface area contributed by atoms with Crippen molar-refractivity contribution in [2.45, 2.75) is 57.9 Å². The predicted octanol–water partition coefficient (Wildman–Crippen LogP) is 4.26. The van der Waals surface area contributed by atoms with Crippen LogP contribution >= 0.6 is 0 Å². The zero-order chi connectivity index (χ0) is 25.3. The first-order valence-corrected chi connectivity index (χ1v) is 12.4. The SMILES string of the molecule is Cc1cccc2c1C(C)(C)CN(C(=O)[C@H]1CC[C@H](CN)CC1)C2C(=O)Nc1ccc(C(=O)O)cc1. The van der Waals surface area contributed by atoms with Crippen molar-refractivity contribution in [2.24, 2.45) is 17.6 Å². The Morgan fingerprint density at radius 1 is 1.06 bits per heavy atom. The van der Waals surface area contributed by atoms with E-state index in [9.17, 15) is 14.4 Å². The number of carboxylic acid groups (broad SMARTS) is 1. The number of benzene rings is 2. The van der Waals surface area contributed by atoms with E-state index in [4.69, 9.17) is 10.8 Å². The Hall–Kier alpha value is -3.19. The van der Waals surface area contributed by atoms with Crippen molar-refractivity contribution in [2.75, 3.05) is 18.4 Å². The molecule has 0 bridgehead atoms. The number of anilines is 1. The summed E-state index contributed by atoms with van der Waals surface area (Å²) >= 11 is 0. The van der Waals surface area contributed by atoms with Crippen LogP contribution in [0.2, 0.25) is 0 Å². The minimum atomic E-state index is -1.03. The summed E-state index contributed by atoms with van der Waals surface area (Å²) in [7, 11) is 0. The minimum Gasteiger partial charge on any atom is -0.478 e. The maximum absolute atomic E-state index is 13.9. The van der Waals surface area contributed by atoms with Crippen molar-refractivity contribution < 1.29 is 19.5 Å². The molecule has 1 aliphatic heterocycles. The van der Waals surface area contributed by atoms with E-state index >= 15 is 0 Å². The van der Waals surface area contributed by atoms with Gasteiger partial charge in [0.25, 0.3) is 5.91 Å². The highest BCUT2D eigenvalue weighted by Gasteiger charge is 2.45. The maximum Gasteiger partial charge on any atom is 0.335 e. The summed E-state index contributed by atoms with van der Waals surface area (Å²) in [6.45, 7) is 7.41. The van der Waals surface area contributed by atoms with E-state index < -0.39 is 12.0 Å². The number of hydrogen-bond donors (Lipinski definition) is 3. The normalized spacial score (nSPS) is 23.3. The van der Waals surface area contributed by atoms with E-state index in [0.717, 1.165) is 42.4 Å². The third-order valence-corrected chi connectivity index (χ3v) is 7.61. The lowest BCUT2D eigenvalue weighted by atomic mass is 9.72. The van der Waals surface area contributed by atoms with Crippen LogP contribution in [0, 0.1) is 18.8 Å². The van der Waals surface area contributed by atoms with E-state index in [-0.39, 0.29) is 28.7 Å². The number of hydrogen-bond acceptors (Lipinski definition) is 4. The molecule has 1 saturated carbocycles. The molecule has 0 spiro atoms. The largest absolute Gasteiger partial charge is 0.478 e. The number of aryl methyl sites for hydroxylation is 1. The van der Waals surface area contributed by atoms with Gasteiger partial charge in [-0.15, -0.1) is 0 Å². The average Bonchev–Trinajstić information content (AvgIpc) is 2.83. The zero-order valence-electron chi connectivity index (χ0n) is 20.7. The summed E-state index contributed by atoms with van der Waals surface area (Å²) in [6, 6.07) is 11.2. The van der Waals surface area contributed by atoms with Crippen LogP contribution in [-0.2, 0) is 15.0 Å². The molecule has 0 radical (unpaired) electrons. The molecule has 0 aromatic heterocycles. The van der Waals surface area contributed by atoms with Crippen LogP contribution in [0.15, 0.2) is 42.5 Å². The van der Waals surface area contributed by atoms with Crippen LogP contribution in [0.4, 0.5) is 5.69 Å². The number of aromatic carboxylic acids is 1. The Labute approximate surface area is 206 Å². The van der Waals surface area contributed by atoms with Gasteiger partial charge < -0.3 is 21.1 Å². The molecule has 2 amide bonds. The summed E-state index contributed by atoms with van der Waals surface area (Å²) < 4.78 is 0. The van der Waals surface area contributed by atoms with Gasteiger partial charge in [0.05, 0.1) is 5.56 Å². The number of carbonyl (C=O) groups excluding carboxylic acids is 2. The number of nitrogens with one attached hydrogen (secondary N) is 1. The molecule has 0 saturated heterocycles. The molecule has 1 heterocycles. The van der Waals surface area contributed by atoms with Gasteiger partial charge in [0.15, 0.2) is 0 Å². The van der Waals surface area contributed by atoms with Crippen LogP contribution in [-0.4, -0.2) is 40.9 Å². The van der Waals surface area contributed by atoms with Crippen LogP contribution in [0.3, 0.4) is 0 Å². The molecule has 7 heteroatoms. The van der Waals surface area contributed by atoms with Crippen molar-refractivity contribution >= 4 is 23.5 Å². The second kappa shape index (κ2) is 9.82. The van der Waals surface area contributed by atoms with Crippen LogP contribution in [0.1, 0.15) is 72.6 Å². The molecule has 1 unspecified atom stereocenters. The first-order chi connectivity index (χ1) is 16.6. The molecule has 186 valence electrons. The number of carbonyl (C=O) groups is 3. The smallest absolute Gasteiger partial charge is 0.335 e. The summed E-state index contributed by atoms with van der Waals surface area (Å²) in [4.78, 5) is 40.6. The standard InChI is InChI=1S/C28H35N3O4/c1-17-5-4-6-22-23(17)28(2,3)16-31(26(33)19-9-7-18(15-29)8-10-19)24(22)25(32)30-21-13-11-20(12-14-21)27(34)35/h4-6,11-14,18-19,24H,7-10,15-16,29H2,1-3H3,(H,30,32)(H,34,35)/t18-,19-,24?. The first-order valence-electron chi connectivity index (χ1n) is 12.4. The Morgan fingerprint density at radius 3 is 2.31 bits per heavy atom. The number of fused-ring (bicyclic) bond motifs is 1. The third kappa shape index (κ3) is 4.96. The van der Waals surface area contributed by atoms with E-state index in [1.807, 2.05) is 25.1 Å². The number of nitrogens with zero attached hydrogens (tertiary/aromatic N) is 1. The van der Waals surface area contributed by atoms with Crippen molar-refractivity contribution in [1.82, 2.24) is 4.90 Å². The molecule has 2 aliphatic rings. The highest BCUT2D eigenvalue weighted by atomic mass is 16.4. The fourth-order valence-corrected chi connectivity index (χ4v) is 5.88. The summed E-state index contributed by atoms with van der Waals surface area (Å²) in [6.07, 6.45) is 3.46. The maximum atomic E-state index is 13.9. The number of rotatable bonds is 5. The van der Waals surface area contributed by atoms with Gasteiger partial charge in [0.2, 0.25) is 5.91 Å². The van der Waals surface area contributed by atoms with Crippen LogP contribution < -0.4 is 11.1 Å². The van der Waals surface area contributed by atoms with Crippen molar-refractivity contribution in [3.63, 3.8) is 0 Å². The first kappa shape index (κ1) is 24.9. The van der Waals surface area contributed by atoms with Gasteiger partial charge in [-0.05, 0) is 86.0 Å². The van der Waals surface area contributed by atoms with Crippen molar-refractivity contribution in [1.29, 1.82) is 0 Å². The minimum absolute atomic E-state index is 0.0297. The van der Waals surface area contributed by atoms with E-state index in [2.05, 4.69) is 19.2 Å².